The van der Waals surface area contributed by atoms with E-state index in [1.54, 1.807) is 6.08 Å². The highest BCUT2D eigenvalue weighted by Gasteiger charge is 2.13. The molecule has 0 aliphatic heterocycles. The Hall–Kier alpha value is -2.40. The smallest absolute Gasteiger partial charge is 0.328 e. The molecule has 0 fully saturated rings. The van der Waals surface area contributed by atoms with Crippen LogP contribution >= 0.6 is 0 Å². The fraction of sp³-hybridized carbons (Fsp3) is 0.250. The molecule has 1 atom stereocenters. The number of nitrogens with two attached hydrogens (primary N) is 2. The number of rotatable bonds is 7. The molecule has 5 heteroatoms. The van der Waals surface area contributed by atoms with Crippen molar-refractivity contribution in [3.8, 4) is 0 Å². The Labute approximate surface area is 124 Å². The first-order valence-electron chi connectivity index (χ1n) is 6.72. The topological polar surface area (TPSA) is 102 Å². The zero-order valence-electron chi connectivity index (χ0n) is 11.9. The molecular weight excluding hydrogens is 266 g/mol. The molecule has 0 heterocycles. The highest BCUT2D eigenvalue weighted by atomic mass is 16.4. The monoisotopic (exact) mass is 287 g/mol. The zero-order valence-corrected chi connectivity index (χ0v) is 11.9. The van der Waals surface area contributed by atoms with Gasteiger partial charge in [-0.3, -0.25) is 4.99 Å². The maximum absolute atomic E-state index is 11.0. The molecule has 0 aliphatic rings. The van der Waals surface area contributed by atoms with Gasteiger partial charge in [-0.1, -0.05) is 24.8 Å². The van der Waals surface area contributed by atoms with Gasteiger partial charge in [-0.05, 0) is 47.5 Å². The molecule has 0 saturated heterocycles. The van der Waals surface area contributed by atoms with Crippen LogP contribution in [0.15, 0.2) is 29.3 Å². The van der Waals surface area contributed by atoms with Crippen LogP contribution in [0.5, 0.6) is 0 Å². The van der Waals surface area contributed by atoms with E-state index in [1.165, 1.54) is 12.4 Å². The molecule has 0 spiro atoms. The molecule has 5 N–H and O–H groups in total. The largest absolute Gasteiger partial charge is 0.480 e. The SMILES string of the molecule is C=c1cc(/C=C/C=NC(CCCN)C(=O)O)cc/c1=C/N. The number of allylic oxidation sites excluding steroid dienone is 1. The second kappa shape index (κ2) is 8.71. The van der Waals surface area contributed by atoms with Crippen molar-refractivity contribution >= 4 is 31.0 Å². The van der Waals surface area contributed by atoms with Crippen LogP contribution in [0.25, 0.3) is 18.9 Å². The molecule has 112 valence electrons. The summed E-state index contributed by atoms with van der Waals surface area (Å²) in [5.74, 6) is -0.934. The second-order valence-electron chi connectivity index (χ2n) is 4.57. The average molecular weight is 287 g/mol. The van der Waals surface area contributed by atoms with Gasteiger partial charge in [0.2, 0.25) is 0 Å². The van der Waals surface area contributed by atoms with Gasteiger partial charge in [-0.2, -0.15) is 0 Å². The van der Waals surface area contributed by atoms with Gasteiger partial charge in [-0.25, -0.2) is 4.79 Å². The van der Waals surface area contributed by atoms with Crippen molar-refractivity contribution in [3.63, 3.8) is 0 Å². The lowest BCUT2D eigenvalue weighted by Crippen LogP contribution is -2.24. The molecule has 1 unspecified atom stereocenters. The predicted octanol–water partition coefficient (Wildman–Crippen LogP) is 0.0697. The van der Waals surface area contributed by atoms with Crippen LogP contribution in [0.4, 0.5) is 0 Å². The summed E-state index contributed by atoms with van der Waals surface area (Å²) in [6.07, 6.45) is 7.63. The van der Waals surface area contributed by atoms with Crippen molar-refractivity contribution in [1.29, 1.82) is 0 Å². The third-order valence-corrected chi connectivity index (χ3v) is 2.95. The summed E-state index contributed by atoms with van der Waals surface area (Å²) < 4.78 is 0. The van der Waals surface area contributed by atoms with Gasteiger partial charge in [0.15, 0.2) is 0 Å². The summed E-state index contributed by atoms with van der Waals surface area (Å²) in [6, 6.07) is 4.93. The quantitative estimate of drug-likeness (QED) is 0.618. The highest BCUT2D eigenvalue weighted by molar-refractivity contribution is 5.82. The fourth-order valence-corrected chi connectivity index (χ4v) is 1.77. The van der Waals surface area contributed by atoms with Crippen molar-refractivity contribution in [1.82, 2.24) is 0 Å². The van der Waals surface area contributed by atoms with Crippen LogP contribution in [-0.4, -0.2) is 29.9 Å². The molecule has 0 bridgehead atoms. The van der Waals surface area contributed by atoms with Crippen LogP contribution in [0, 0.1) is 0 Å². The first kappa shape index (κ1) is 16.7. The third-order valence-electron chi connectivity index (χ3n) is 2.95. The normalized spacial score (nSPS) is 14.0. The van der Waals surface area contributed by atoms with Gasteiger partial charge in [0.25, 0.3) is 0 Å². The molecule has 1 aromatic rings. The molecule has 0 radical (unpaired) electrons. The van der Waals surface area contributed by atoms with E-state index in [9.17, 15) is 4.79 Å². The maximum atomic E-state index is 11.0. The van der Waals surface area contributed by atoms with Crippen molar-refractivity contribution in [2.45, 2.75) is 18.9 Å². The van der Waals surface area contributed by atoms with Crippen molar-refractivity contribution in [2.24, 2.45) is 16.5 Å². The number of nitrogens with zero attached hydrogens (tertiary/aromatic N) is 1. The summed E-state index contributed by atoms with van der Waals surface area (Å²) in [4.78, 5) is 15.0. The van der Waals surface area contributed by atoms with E-state index < -0.39 is 12.0 Å². The lowest BCUT2D eigenvalue weighted by molar-refractivity contribution is -0.138. The number of carboxylic acids is 1. The van der Waals surface area contributed by atoms with E-state index >= 15 is 0 Å². The van der Waals surface area contributed by atoms with E-state index in [2.05, 4.69) is 11.6 Å². The summed E-state index contributed by atoms with van der Waals surface area (Å²) >= 11 is 0. The van der Waals surface area contributed by atoms with E-state index in [-0.39, 0.29) is 0 Å². The molecule has 21 heavy (non-hydrogen) atoms. The molecular formula is C16H21N3O2. The number of benzene rings is 1. The number of aliphatic imine (C=N–C) groups is 1. The molecule has 0 saturated carbocycles. The zero-order chi connectivity index (χ0) is 15.7. The summed E-state index contributed by atoms with van der Waals surface area (Å²) in [6.45, 7) is 4.36. The minimum atomic E-state index is -0.934. The highest BCUT2D eigenvalue weighted by Crippen LogP contribution is 2.01. The van der Waals surface area contributed by atoms with Gasteiger partial charge < -0.3 is 16.6 Å². The number of aliphatic carboxylic acids is 1. The first-order chi connectivity index (χ1) is 10.1. The molecule has 1 rings (SSSR count). The number of hydrogen-bond donors (Lipinski definition) is 3. The van der Waals surface area contributed by atoms with Crippen LogP contribution in [0.3, 0.4) is 0 Å². The molecule has 0 aliphatic carbocycles. The van der Waals surface area contributed by atoms with Crippen LogP contribution in [0.1, 0.15) is 18.4 Å². The van der Waals surface area contributed by atoms with Crippen LogP contribution in [-0.2, 0) is 4.79 Å². The maximum Gasteiger partial charge on any atom is 0.328 e. The van der Waals surface area contributed by atoms with Gasteiger partial charge in [0.05, 0.1) is 0 Å². The lowest BCUT2D eigenvalue weighted by atomic mass is 10.1. The first-order valence-corrected chi connectivity index (χ1v) is 6.72. The Kier molecular flexibility index (Phi) is 6.91. The van der Waals surface area contributed by atoms with Crippen LogP contribution < -0.4 is 21.9 Å². The Morgan fingerprint density at radius 1 is 1.48 bits per heavy atom. The second-order valence-corrected chi connectivity index (χ2v) is 4.57. The molecule has 1 aromatic carbocycles. The molecule has 5 nitrogen and oxygen atoms in total. The summed E-state index contributed by atoms with van der Waals surface area (Å²) in [7, 11) is 0. The summed E-state index contributed by atoms with van der Waals surface area (Å²) in [5.41, 5.74) is 11.8. The number of carbonyl (C=O) groups is 1. The Balaban J connectivity index is 2.72. The van der Waals surface area contributed by atoms with Crippen molar-refractivity contribution in [2.75, 3.05) is 6.54 Å². The van der Waals surface area contributed by atoms with Gasteiger partial charge in [0.1, 0.15) is 6.04 Å². The van der Waals surface area contributed by atoms with Gasteiger partial charge in [0, 0.05) is 12.4 Å². The number of hydrogen-bond acceptors (Lipinski definition) is 4. The van der Waals surface area contributed by atoms with Crippen molar-refractivity contribution < 1.29 is 9.90 Å². The standard InChI is InChI=1S/C16H21N3O2/c1-12-10-13(6-7-14(12)11-18)4-3-9-19-15(16(20)21)5-2-8-17/h3-4,6-7,9-11,15H,1-2,5,8,17-18H2,(H,20,21)/b4-3+,14-11-,19-9?. The fourth-order valence-electron chi connectivity index (χ4n) is 1.77. The minimum Gasteiger partial charge on any atom is -0.480 e. The van der Waals surface area contributed by atoms with E-state index in [1.807, 2.05) is 24.3 Å². The lowest BCUT2D eigenvalue weighted by Gasteiger charge is -2.04. The van der Waals surface area contributed by atoms with E-state index in [0.717, 1.165) is 16.0 Å². The molecule has 0 amide bonds. The minimum absolute atomic E-state index is 0.445. The van der Waals surface area contributed by atoms with E-state index in [4.69, 9.17) is 16.6 Å². The van der Waals surface area contributed by atoms with Crippen LogP contribution in [0.2, 0.25) is 0 Å². The van der Waals surface area contributed by atoms with E-state index in [0.29, 0.717) is 19.4 Å². The Morgan fingerprint density at radius 3 is 2.81 bits per heavy atom. The number of carboxylic acid groups (broad SMARTS) is 1. The van der Waals surface area contributed by atoms with Crippen molar-refractivity contribution in [3.05, 3.63) is 40.3 Å². The summed E-state index contributed by atoms with van der Waals surface area (Å²) in [5, 5.41) is 10.7. The Bertz CT molecular complexity index is 635. The van der Waals surface area contributed by atoms with Gasteiger partial charge in [-0.15, -0.1) is 0 Å². The van der Waals surface area contributed by atoms with Gasteiger partial charge >= 0.3 is 5.97 Å². The Morgan fingerprint density at radius 2 is 2.24 bits per heavy atom. The predicted molar refractivity (Wildman–Crippen MR) is 87.1 cm³/mol. The average Bonchev–Trinajstić information content (AvgIpc) is 2.46. The molecule has 0 aromatic heterocycles. The third kappa shape index (κ3) is 5.62.